The molecule has 0 bridgehead atoms. The number of rotatable bonds is 4. The fourth-order valence-corrected chi connectivity index (χ4v) is 3.14. The highest BCUT2D eigenvalue weighted by Gasteiger charge is 2.30. The van der Waals surface area contributed by atoms with Crippen LogP contribution in [0.3, 0.4) is 0 Å². The van der Waals surface area contributed by atoms with Crippen molar-refractivity contribution in [1.29, 1.82) is 0 Å². The molecule has 0 radical (unpaired) electrons. The van der Waals surface area contributed by atoms with Gasteiger partial charge < -0.3 is 15.0 Å². The summed E-state index contributed by atoms with van der Waals surface area (Å²) in [4.78, 5) is 26.6. The minimum absolute atomic E-state index is 0.0395. The maximum absolute atomic E-state index is 12.9. The molecule has 1 atom stereocenters. The third-order valence-electron chi connectivity index (χ3n) is 4.78. The summed E-state index contributed by atoms with van der Waals surface area (Å²) < 4.78 is 7.53. The SMILES string of the molecule is Cn1cc([C@H]2CN(C(=O)c3cccc(NC(=O)C4CC4)c3)CCO2)cn1. The molecule has 2 aromatic rings. The van der Waals surface area contributed by atoms with E-state index in [2.05, 4.69) is 10.4 Å². The van der Waals surface area contributed by atoms with Gasteiger partial charge in [0.1, 0.15) is 6.10 Å². The van der Waals surface area contributed by atoms with Crippen molar-refractivity contribution in [2.24, 2.45) is 13.0 Å². The highest BCUT2D eigenvalue weighted by molar-refractivity contribution is 5.98. The summed E-state index contributed by atoms with van der Waals surface area (Å²) in [6.07, 6.45) is 5.42. The monoisotopic (exact) mass is 354 g/mol. The number of nitrogens with one attached hydrogen (secondary N) is 1. The first-order valence-electron chi connectivity index (χ1n) is 8.90. The number of aromatic nitrogens is 2. The number of aryl methyl sites for hydroxylation is 1. The first kappa shape index (κ1) is 16.8. The maximum atomic E-state index is 12.9. The predicted octanol–water partition coefficient (Wildman–Crippen LogP) is 1.98. The highest BCUT2D eigenvalue weighted by atomic mass is 16.5. The molecule has 4 rings (SSSR count). The van der Waals surface area contributed by atoms with Crippen LogP contribution < -0.4 is 5.32 Å². The molecule has 7 heteroatoms. The lowest BCUT2D eigenvalue weighted by molar-refractivity contribution is -0.117. The molecule has 2 aliphatic rings. The molecule has 1 aromatic carbocycles. The van der Waals surface area contributed by atoms with Crippen LogP contribution in [0.25, 0.3) is 0 Å². The van der Waals surface area contributed by atoms with E-state index in [0.29, 0.717) is 30.9 Å². The fraction of sp³-hybridized carbons (Fsp3) is 0.421. The Morgan fingerprint density at radius 3 is 2.88 bits per heavy atom. The molecule has 1 saturated heterocycles. The summed E-state index contributed by atoms with van der Waals surface area (Å²) in [7, 11) is 1.86. The van der Waals surface area contributed by atoms with Crippen molar-refractivity contribution in [3.8, 4) is 0 Å². The Balaban J connectivity index is 1.45. The van der Waals surface area contributed by atoms with Crippen molar-refractivity contribution < 1.29 is 14.3 Å². The van der Waals surface area contributed by atoms with Gasteiger partial charge >= 0.3 is 0 Å². The molecule has 1 aliphatic heterocycles. The van der Waals surface area contributed by atoms with Crippen LogP contribution in [0, 0.1) is 5.92 Å². The van der Waals surface area contributed by atoms with E-state index in [9.17, 15) is 9.59 Å². The van der Waals surface area contributed by atoms with Gasteiger partial charge in [-0.05, 0) is 31.0 Å². The maximum Gasteiger partial charge on any atom is 0.254 e. The minimum atomic E-state index is -0.167. The number of morpholine rings is 1. The Morgan fingerprint density at radius 2 is 2.15 bits per heavy atom. The zero-order valence-corrected chi connectivity index (χ0v) is 14.7. The van der Waals surface area contributed by atoms with E-state index in [0.717, 1.165) is 18.4 Å². The normalized spacial score (nSPS) is 20.0. The van der Waals surface area contributed by atoms with Gasteiger partial charge in [0.05, 0.1) is 19.3 Å². The van der Waals surface area contributed by atoms with E-state index in [1.54, 1.807) is 34.0 Å². The molecule has 0 unspecified atom stereocenters. The topological polar surface area (TPSA) is 76.5 Å². The molecule has 1 N–H and O–H groups in total. The average Bonchev–Trinajstić information content (AvgIpc) is 3.43. The van der Waals surface area contributed by atoms with Crippen LogP contribution in [-0.4, -0.2) is 46.2 Å². The van der Waals surface area contributed by atoms with Crippen LogP contribution >= 0.6 is 0 Å². The van der Waals surface area contributed by atoms with Gasteiger partial charge in [-0.1, -0.05) is 6.07 Å². The second kappa shape index (κ2) is 6.92. The smallest absolute Gasteiger partial charge is 0.254 e. The van der Waals surface area contributed by atoms with E-state index in [4.69, 9.17) is 4.74 Å². The largest absolute Gasteiger partial charge is 0.370 e. The van der Waals surface area contributed by atoms with Gasteiger partial charge in [0, 0.05) is 42.5 Å². The van der Waals surface area contributed by atoms with Crippen molar-refractivity contribution >= 4 is 17.5 Å². The van der Waals surface area contributed by atoms with E-state index >= 15 is 0 Å². The Kier molecular flexibility index (Phi) is 4.46. The van der Waals surface area contributed by atoms with Crippen LogP contribution in [0.1, 0.15) is 34.9 Å². The van der Waals surface area contributed by atoms with Crippen molar-refractivity contribution in [3.05, 3.63) is 47.8 Å². The lowest BCUT2D eigenvalue weighted by Gasteiger charge is -2.32. The van der Waals surface area contributed by atoms with E-state index in [1.165, 1.54) is 0 Å². The van der Waals surface area contributed by atoms with E-state index in [-0.39, 0.29) is 23.8 Å². The third kappa shape index (κ3) is 3.62. The Morgan fingerprint density at radius 1 is 1.31 bits per heavy atom. The number of carbonyl (C=O) groups is 2. The molecule has 1 aromatic heterocycles. The summed E-state index contributed by atoms with van der Waals surface area (Å²) in [6, 6.07) is 7.14. The van der Waals surface area contributed by atoms with Gasteiger partial charge in [-0.2, -0.15) is 5.10 Å². The average molecular weight is 354 g/mol. The zero-order chi connectivity index (χ0) is 18.1. The summed E-state index contributed by atoms with van der Waals surface area (Å²) in [6.45, 7) is 1.53. The van der Waals surface area contributed by atoms with Crippen molar-refractivity contribution in [2.45, 2.75) is 18.9 Å². The van der Waals surface area contributed by atoms with Crippen molar-refractivity contribution in [2.75, 3.05) is 25.0 Å². The van der Waals surface area contributed by atoms with Crippen LogP contribution in [0.15, 0.2) is 36.7 Å². The zero-order valence-electron chi connectivity index (χ0n) is 14.7. The summed E-state index contributed by atoms with van der Waals surface area (Å²) in [5.74, 6) is 0.121. The second-order valence-electron chi connectivity index (χ2n) is 6.90. The molecular weight excluding hydrogens is 332 g/mol. The number of anilines is 1. The predicted molar refractivity (Wildman–Crippen MR) is 95.6 cm³/mol. The lowest BCUT2D eigenvalue weighted by Crippen LogP contribution is -2.42. The van der Waals surface area contributed by atoms with Crippen LogP contribution in [0.4, 0.5) is 5.69 Å². The quantitative estimate of drug-likeness (QED) is 0.911. The molecule has 2 heterocycles. The number of hydrogen-bond donors (Lipinski definition) is 1. The Bertz CT molecular complexity index is 828. The van der Waals surface area contributed by atoms with Crippen LogP contribution in [-0.2, 0) is 16.6 Å². The molecule has 1 saturated carbocycles. The summed E-state index contributed by atoms with van der Waals surface area (Å²) >= 11 is 0. The number of benzene rings is 1. The van der Waals surface area contributed by atoms with Crippen molar-refractivity contribution in [3.63, 3.8) is 0 Å². The molecule has 1 aliphatic carbocycles. The minimum Gasteiger partial charge on any atom is -0.370 e. The van der Waals surface area contributed by atoms with Gasteiger partial charge in [0.25, 0.3) is 5.91 Å². The number of ether oxygens (including phenoxy) is 1. The molecular formula is C19H22N4O3. The van der Waals surface area contributed by atoms with Crippen LogP contribution in [0.2, 0.25) is 0 Å². The number of nitrogens with zero attached hydrogens (tertiary/aromatic N) is 3. The molecule has 136 valence electrons. The first-order valence-corrected chi connectivity index (χ1v) is 8.90. The standard InChI is InChI=1S/C19H22N4O3/c1-22-11-15(10-20-22)17-12-23(7-8-26-17)19(25)14-3-2-4-16(9-14)21-18(24)13-5-6-13/h2-4,9-11,13,17H,5-8,12H2,1H3,(H,21,24)/t17-/m1/s1. The molecule has 0 spiro atoms. The Hall–Kier alpha value is -2.67. The number of hydrogen-bond acceptors (Lipinski definition) is 4. The van der Waals surface area contributed by atoms with Gasteiger partial charge in [0.2, 0.25) is 5.91 Å². The second-order valence-corrected chi connectivity index (χ2v) is 6.90. The fourth-order valence-electron chi connectivity index (χ4n) is 3.14. The molecule has 2 fully saturated rings. The van der Waals surface area contributed by atoms with Gasteiger partial charge in [0.15, 0.2) is 0 Å². The van der Waals surface area contributed by atoms with Gasteiger partial charge in [-0.15, -0.1) is 0 Å². The molecule has 2 amide bonds. The van der Waals surface area contributed by atoms with Crippen LogP contribution in [0.5, 0.6) is 0 Å². The number of amides is 2. The van der Waals surface area contributed by atoms with E-state index < -0.39 is 0 Å². The Labute approximate surface area is 151 Å². The third-order valence-corrected chi connectivity index (χ3v) is 4.78. The number of carbonyl (C=O) groups excluding carboxylic acids is 2. The molecule has 7 nitrogen and oxygen atoms in total. The summed E-state index contributed by atoms with van der Waals surface area (Å²) in [5, 5.41) is 7.07. The first-order chi connectivity index (χ1) is 12.6. The lowest BCUT2D eigenvalue weighted by atomic mass is 10.1. The van der Waals surface area contributed by atoms with Crippen molar-refractivity contribution in [1.82, 2.24) is 14.7 Å². The molecule has 26 heavy (non-hydrogen) atoms. The van der Waals surface area contributed by atoms with Gasteiger partial charge in [-0.3, -0.25) is 14.3 Å². The van der Waals surface area contributed by atoms with Gasteiger partial charge in [-0.25, -0.2) is 0 Å². The summed E-state index contributed by atoms with van der Waals surface area (Å²) in [5.41, 5.74) is 2.21. The van der Waals surface area contributed by atoms with E-state index in [1.807, 2.05) is 19.3 Å². The highest BCUT2D eigenvalue weighted by Crippen LogP contribution is 2.30.